The number of carbonyl (C=O) groups is 1. The van der Waals surface area contributed by atoms with Crippen molar-refractivity contribution in [1.82, 2.24) is 9.62 Å². The summed E-state index contributed by atoms with van der Waals surface area (Å²) in [5, 5.41) is 3.83. The average Bonchev–Trinajstić information content (AvgIpc) is 3.41. The van der Waals surface area contributed by atoms with E-state index in [1.165, 1.54) is 0 Å². The number of fused-ring (bicyclic) bond motifs is 1. The highest BCUT2D eigenvalue weighted by Gasteiger charge is 2.27. The second-order valence-electron chi connectivity index (χ2n) is 7.68. The zero-order chi connectivity index (χ0) is 22.0. The van der Waals surface area contributed by atoms with E-state index < -0.39 is 10.0 Å². The topological polar surface area (TPSA) is 88.8 Å². The Morgan fingerprint density at radius 2 is 2.00 bits per heavy atom. The Morgan fingerprint density at radius 3 is 2.74 bits per heavy atom. The van der Waals surface area contributed by atoms with Gasteiger partial charge in [0.25, 0.3) is 10.0 Å². The van der Waals surface area contributed by atoms with Crippen molar-refractivity contribution in [1.29, 1.82) is 0 Å². The lowest BCUT2D eigenvalue weighted by atomic mass is 10.2. The van der Waals surface area contributed by atoms with Crippen molar-refractivity contribution >= 4 is 38.2 Å². The number of sulfonamides is 1. The zero-order valence-corrected chi connectivity index (χ0v) is 19.2. The molecule has 1 fully saturated rings. The summed E-state index contributed by atoms with van der Waals surface area (Å²) in [7, 11) is -1.88. The highest BCUT2D eigenvalue weighted by molar-refractivity contribution is 7.91. The van der Waals surface area contributed by atoms with Crippen molar-refractivity contribution in [3.05, 3.63) is 47.0 Å². The number of thiophene rings is 1. The van der Waals surface area contributed by atoms with E-state index in [0.717, 1.165) is 36.0 Å². The maximum absolute atomic E-state index is 12.8. The van der Waals surface area contributed by atoms with Crippen molar-refractivity contribution in [3.8, 4) is 5.75 Å². The lowest BCUT2D eigenvalue weighted by Crippen LogP contribution is -2.35. The third-order valence-electron chi connectivity index (χ3n) is 5.43. The highest BCUT2D eigenvalue weighted by atomic mass is 32.2. The van der Waals surface area contributed by atoms with E-state index in [0.29, 0.717) is 39.3 Å². The van der Waals surface area contributed by atoms with Crippen LogP contribution in [0, 0.1) is 0 Å². The lowest BCUT2D eigenvalue weighted by molar-refractivity contribution is -0.121. The number of nitrogens with one attached hydrogen (secondary N) is 1. The third kappa shape index (κ3) is 4.63. The fraction of sp³-hybridized carbons (Fsp3) is 0.409. The van der Waals surface area contributed by atoms with Gasteiger partial charge >= 0.3 is 0 Å². The Hall–Kier alpha value is -2.36. The van der Waals surface area contributed by atoms with Gasteiger partial charge in [0, 0.05) is 23.4 Å². The van der Waals surface area contributed by atoms with Crippen LogP contribution in [0.5, 0.6) is 5.75 Å². The van der Waals surface area contributed by atoms with Gasteiger partial charge in [0.2, 0.25) is 5.91 Å². The molecule has 1 amide bonds. The van der Waals surface area contributed by atoms with Crippen LogP contribution in [0.1, 0.15) is 42.9 Å². The van der Waals surface area contributed by atoms with Crippen molar-refractivity contribution in [2.45, 2.75) is 42.9 Å². The summed E-state index contributed by atoms with van der Waals surface area (Å²) in [6.45, 7) is 2.98. The average molecular weight is 463 g/mol. The van der Waals surface area contributed by atoms with Gasteiger partial charge in [-0.05, 0) is 44.0 Å². The van der Waals surface area contributed by atoms with Gasteiger partial charge in [-0.3, -0.25) is 4.79 Å². The van der Waals surface area contributed by atoms with Crippen LogP contribution < -0.4 is 10.1 Å². The molecule has 0 spiro atoms. The first-order valence-corrected chi connectivity index (χ1v) is 12.6. The molecule has 0 saturated carbocycles. The molecule has 4 rings (SSSR count). The van der Waals surface area contributed by atoms with E-state index in [1.807, 2.05) is 31.2 Å². The standard InChI is InChI=1S/C22H26N2O5S2/c1-15(19-13-16-7-6-8-18(28-2)22(16)29-19)23-20(25)14-17-9-10-21(30-17)31(26,27)24-11-4-3-5-12-24/h6-10,13,15H,3-5,11-12,14H2,1-2H3,(H,23,25). The molecule has 1 aliphatic rings. The van der Waals surface area contributed by atoms with Gasteiger partial charge in [0.1, 0.15) is 9.97 Å². The summed E-state index contributed by atoms with van der Waals surface area (Å²) in [4.78, 5) is 13.3. The quantitative estimate of drug-likeness (QED) is 0.571. The summed E-state index contributed by atoms with van der Waals surface area (Å²) in [6.07, 6.45) is 2.98. The minimum Gasteiger partial charge on any atom is -0.493 e. The summed E-state index contributed by atoms with van der Waals surface area (Å²) < 4.78 is 38.7. The molecule has 166 valence electrons. The number of nitrogens with zero attached hydrogens (tertiary/aromatic N) is 1. The number of hydrogen-bond acceptors (Lipinski definition) is 6. The monoisotopic (exact) mass is 462 g/mol. The molecule has 7 nitrogen and oxygen atoms in total. The van der Waals surface area contributed by atoms with E-state index in [9.17, 15) is 13.2 Å². The summed E-state index contributed by atoms with van der Waals surface area (Å²) in [6, 6.07) is 10.5. The van der Waals surface area contributed by atoms with Crippen LogP contribution >= 0.6 is 11.3 Å². The van der Waals surface area contributed by atoms with Gasteiger partial charge in [0.15, 0.2) is 11.3 Å². The minimum absolute atomic E-state index is 0.119. The molecule has 0 bridgehead atoms. The van der Waals surface area contributed by atoms with Gasteiger partial charge in [-0.25, -0.2) is 8.42 Å². The fourth-order valence-corrected chi connectivity index (χ4v) is 6.80. The predicted octanol–water partition coefficient (Wildman–Crippen LogP) is 4.10. The van der Waals surface area contributed by atoms with E-state index in [1.54, 1.807) is 23.5 Å². The zero-order valence-electron chi connectivity index (χ0n) is 17.6. The lowest BCUT2D eigenvalue weighted by Gasteiger charge is -2.25. The SMILES string of the molecule is COc1cccc2cc(C(C)NC(=O)Cc3ccc(S(=O)(=O)N4CCCCC4)s3)oc12. The van der Waals surface area contributed by atoms with Crippen LogP contribution in [-0.4, -0.2) is 38.8 Å². The second kappa shape index (κ2) is 9.02. The number of carbonyl (C=O) groups excluding carboxylic acids is 1. The molecular formula is C22H26N2O5S2. The van der Waals surface area contributed by atoms with Crippen molar-refractivity contribution in [2.75, 3.05) is 20.2 Å². The fourth-order valence-electron chi connectivity index (χ4n) is 3.78. The molecule has 3 aromatic rings. The molecule has 1 aromatic carbocycles. The Balaban J connectivity index is 1.41. The number of piperidine rings is 1. The van der Waals surface area contributed by atoms with Crippen LogP contribution in [0.15, 0.2) is 45.0 Å². The largest absolute Gasteiger partial charge is 0.493 e. The number of benzene rings is 1. The minimum atomic E-state index is -3.47. The molecule has 1 saturated heterocycles. The summed E-state index contributed by atoms with van der Waals surface area (Å²) >= 11 is 1.16. The number of furan rings is 1. The van der Waals surface area contributed by atoms with Crippen LogP contribution in [0.2, 0.25) is 0 Å². The van der Waals surface area contributed by atoms with Crippen molar-refractivity contribution in [2.24, 2.45) is 0 Å². The first kappa shape index (κ1) is 21.9. The van der Waals surface area contributed by atoms with Crippen LogP contribution in [-0.2, 0) is 21.2 Å². The number of amides is 1. The number of para-hydroxylation sites is 1. The van der Waals surface area contributed by atoms with E-state index in [2.05, 4.69) is 5.32 Å². The summed E-state index contributed by atoms with van der Waals surface area (Å²) in [5.41, 5.74) is 0.645. The van der Waals surface area contributed by atoms with Crippen molar-refractivity contribution < 1.29 is 22.4 Å². The predicted molar refractivity (Wildman–Crippen MR) is 120 cm³/mol. The molecule has 1 aliphatic heterocycles. The smallest absolute Gasteiger partial charge is 0.252 e. The molecular weight excluding hydrogens is 436 g/mol. The molecule has 0 aliphatic carbocycles. The highest BCUT2D eigenvalue weighted by Crippen LogP contribution is 2.31. The van der Waals surface area contributed by atoms with Gasteiger partial charge in [-0.15, -0.1) is 11.3 Å². The van der Waals surface area contributed by atoms with Gasteiger partial charge in [-0.2, -0.15) is 4.31 Å². The van der Waals surface area contributed by atoms with Gasteiger partial charge in [-0.1, -0.05) is 18.6 Å². The maximum atomic E-state index is 12.8. The summed E-state index contributed by atoms with van der Waals surface area (Å²) in [5.74, 6) is 1.08. The van der Waals surface area contributed by atoms with E-state index in [-0.39, 0.29) is 18.4 Å². The molecule has 2 aromatic heterocycles. The molecule has 1 unspecified atom stereocenters. The Bertz CT molecular complexity index is 1180. The Morgan fingerprint density at radius 1 is 1.23 bits per heavy atom. The number of hydrogen-bond donors (Lipinski definition) is 1. The first-order valence-electron chi connectivity index (χ1n) is 10.3. The van der Waals surface area contributed by atoms with E-state index in [4.69, 9.17) is 9.15 Å². The third-order valence-corrected chi connectivity index (χ3v) is 8.88. The molecule has 3 heterocycles. The number of ether oxygens (including phenoxy) is 1. The molecule has 0 radical (unpaired) electrons. The van der Waals surface area contributed by atoms with Crippen LogP contribution in [0.25, 0.3) is 11.0 Å². The molecule has 31 heavy (non-hydrogen) atoms. The van der Waals surface area contributed by atoms with Crippen LogP contribution in [0.4, 0.5) is 0 Å². The molecule has 1 N–H and O–H groups in total. The maximum Gasteiger partial charge on any atom is 0.252 e. The van der Waals surface area contributed by atoms with Crippen molar-refractivity contribution in [3.63, 3.8) is 0 Å². The van der Waals surface area contributed by atoms with Gasteiger partial charge in [0.05, 0.1) is 19.6 Å². The first-order chi connectivity index (χ1) is 14.9. The molecule has 9 heteroatoms. The second-order valence-corrected chi connectivity index (χ2v) is 11.0. The number of methoxy groups -OCH3 is 1. The Kier molecular flexibility index (Phi) is 6.36. The molecule has 1 atom stereocenters. The normalized spacial score (nSPS) is 16.3. The van der Waals surface area contributed by atoms with Gasteiger partial charge < -0.3 is 14.5 Å². The number of rotatable bonds is 7. The Labute approximate surface area is 186 Å². The van der Waals surface area contributed by atoms with E-state index >= 15 is 0 Å². The van der Waals surface area contributed by atoms with Crippen LogP contribution in [0.3, 0.4) is 0 Å².